The van der Waals surface area contributed by atoms with Crippen LogP contribution in [0.2, 0.25) is 0 Å². The van der Waals surface area contributed by atoms with Gasteiger partial charge in [0.25, 0.3) is 0 Å². The van der Waals surface area contributed by atoms with E-state index in [2.05, 4.69) is 24.1 Å². The molecule has 3 N–H and O–H groups in total. The van der Waals surface area contributed by atoms with Crippen LogP contribution in [0, 0.1) is 0 Å². The molecule has 0 fully saturated rings. The van der Waals surface area contributed by atoms with Crippen molar-refractivity contribution in [2.24, 2.45) is 5.73 Å². The van der Waals surface area contributed by atoms with Crippen LogP contribution in [0.15, 0.2) is 35.7 Å². The summed E-state index contributed by atoms with van der Waals surface area (Å²) < 4.78 is 0. The largest absolute Gasteiger partial charge is 0.368 e. The van der Waals surface area contributed by atoms with Gasteiger partial charge in [0.2, 0.25) is 5.91 Å². The molecular weight excluding hydrogens is 270 g/mol. The lowest BCUT2D eigenvalue weighted by atomic mass is 10.1. The summed E-state index contributed by atoms with van der Waals surface area (Å²) in [4.78, 5) is 16.1. The van der Waals surface area contributed by atoms with Crippen LogP contribution < -0.4 is 11.1 Å². The van der Waals surface area contributed by atoms with Gasteiger partial charge in [0.15, 0.2) is 0 Å². The molecule has 20 heavy (non-hydrogen) atoms. The first-order chi connectivity index (χ1) is 9.58. The van der Waals surface area contributed by atoms with Crippen LogP contribution >= 0.6 is 11.3 Å². The minimum Gasteiger partial charge on any atom is -0.368 e. The van der Waals surface area contributed by atoms with E-state index in [-0.39, 0.29) is 5.91 Å². The van der Waals surface area contributed by atoms with Gasteiger partial charge in [-0.2, -0.15) is 0 Å². The first-order valence-electron chi connectivity index (χ1n) is 6.60. The van der Waals surface area contributed by atoms with Gasteiger partial charge in [0.1, 0.15) is 6.04 Å². The molecule has 0 spiro atoms. The quantitative estimate of drug-likeness (QED) is 0.859. The average Bonchev–Trinajstić information content (AvgIpc) is 2.89. The molecule has 1 amide bonds. The summed E-state index contributed by atoms with van der Waals surface area (Å²) in [5.41, 5.74) is 7.29. The highest BCUT2D eigenvalue weighted by Crippen LogP contribution is 2.20. The van der Waals surface area contributed by atoms with Crippen molar-refractivity contribution in [1.82, 2.24) is 10.3 Å². The van der Waals surface area contributed by atoms with Crippen LogP contribution in [0.25, 0.3) is 0 Å². The highest BCUT2D eigenvalue weighted by Gasteiger charge is 2.17. The monoisotopic (exact) mass is 289 g/mol. The Morgan fingerprint density at radius 3 is 2.60 bits per heavy atom. The molecule has 0 saturated heterocycles. The maximum atomic E-state index is 11.6. The number of aromatic nitrogens is 1. The number of thiazole rings is 1. The van der Waals surface area contributed by atoms with Crippen molar-refractivity contribution in [3.05, 3.63) is 52.0 Å². The summed E-state index contributed by atoms with van der Waals surface area (Å²) in [5.74, 6) is 0.0466. The Kier molecular flexibility index (Phi) is 4.87. The number of amides is 1. The molecule has 5 heteroatoms. The lowest BCUT2D eigenvalue weighted by Gasteiger charge is -2.14. The summed E-state index contributed by atoms with van der Waals surface area (Å²) in [6.07, 6.45) is 0. The summed E-state index contributed by atoms with van der Waals surface area (Å²) in [5, 5.41) is 6.30. The van der Waals surface area contributed by atoms with Crippen molar-refractivity contribution >= 4 is 17.2 Å². The number of hydrogen-bond acceptors (Lipinski definition) is 4. The second-order valence-corrected chi connectivity index (χ2v) is 5.85. The van der Waals surface area contributed by atoms with Crippen LogP contribution in [0.1, 0.15) is 42.1 Å². The predicted octanol–water partition coefficient (Wildman–Crippen LogP) is 2.58. The Morgan fingerprint density at radius 1 is 1.35 bits per heavy atom. The molecule has 0 saturated carbocycles. The number of nitrogens with zero attached hydrogens (tertiary/aromatic N) is 1. The Morgan fingerprint density at radius 2 is 2.05 bits per heavy atom. The fourth-order valence-corrected chi connectivity index (χ4v) is 2.74. The molecule has 1 aromatic carbocycles. The van der Waals surface area contributed by atoms with E-state index < -0.39 is 6.04 Å². The maximum absolute atomic E-state index is 11.6. The SMILES string of the molecule is CC(C)c1nc(CN[C@H](C(N)=O)c2ccccc2)cs1. The number of primary amides is 1. The molecule has 1 aromatic heterocycles. The second-order valence-electron chi connectivity index (χ2n) is 4.96. The van der Waals surface area contributed by atoms with Crippen molar-refractivity contribution in [1.29, 1.82) is 0 Å². The zero-order valence-corrected chi connectivity index (χ0v) is 12.5. The Bertz CT molecular complexity index is 566. The average molecular weight is 289 g/mol. The van der Waals surface area contributed by atoms with Gasteiger partial charge in [0, 0.05) is 17.8 Å². The van der Waals surface area contributed by atoms with E-state index in [9.17, 15) is 4.79 Å². The molecule has 0 unspecified atom stereocenters. The van der Waals surface area contributed by atoms with Gasteiger partial charge in [0.05, 0.1) is 10.7 Å². The standard InChI is InChI=1S/C15H19N3OS/c1-10(2)15-18-12(9-20-15)8-17-13(14(16)19)11-6-4-3-5-7-11/h3-7,9-10,13,17H,8H2,1-2H3,(H2,16,19)/t13-/m0/s1. The predicted molar refractivity (Wildman–Crippen MR) is 81.4 cm³/mol. The molecule has 0 aliphatic carbocycles. The zero-order chi connectivity index (χ0) is 14.5. The second kappa shape index (κ2) is 6.63. The van der Waals surface area contributed by atoms with E-state index in [0.717, 1.165) is 16.3 Å². The van der Waals surface area contributed by atoms with Crippen LogP contribution in [0.5, 0.6) is 0 Å². The number of benzene rings is 1. The lowest BCUT2D eigenvalue weighted by molar-refractivity contribution is -0.120. The topological polar surface area (TPSA) is 68.0 Å². The number of carbonyl (C=O) groups excluding carboxylic acids is 1. The fraction of sp³-hybridized carbons (Fsp3) is 0.333. The third-order valence-electron chi connectivity index (χ3n) is 2.97. The first kappa shape index (κ1) is 14.7. The molecule has 4 nitrogen and oxygen atoms in total. The van der Waals surface area contributed by atoms with E-state index in [1.807, 2.05) is 35.7 Å². The normalized spacial score (nSPS) is 12.6. The number of nitrogens with one attached hydrogen (secondary N) is 1. The number of rotatable bonds is 6. The highest BCUT2D eigenvalue weighted by molar-refractivity contribution is 7.09. The summed E-state index contributed by atoms with van der Waals surface area (Å²) in [6.45, 7) is 4.77. The van der Waals surface area contributed by atoms with Crippen LogP contribution in [0.3, 0.4) is 0 Å². The Balaban J connectivity index is 2.04. The smallest absolute Gasteiger partial charge is 0.239 e. The molecule has 106 valence electrons. The Hall–Kier alpha value is -1.72. The van der Waals surface area contributed by atoms with Gasteiger partial charge in [-0.1, -0.05) is 44.2 Å². The molecule has 0 aliphatic rings. The molecule has 2 aromatic rings. The van der Waals surface area contributed by atoms with Gasteiger partial charge in [-0.15, -0.1) is 11.3 Å². The number of nitrogens with two attached hydrogens (primary N) is 1. The molecule has 0 radical (unpaired) electrons. The first-order valence-corrected chi connectivity index (χ1v) is 7.48. The molecular formula is C15H19N3OS. The minimum atomic E-state index is -0.486. The molecule has 1 atom stereocenters. The summed E-state index contributed by atoms with van der Waals surface area (Å²) in [7, 11) is 0. The molecule has 2 rings (SSSR count). The third kappa shape index (κ3) is 3.65. The van der Waals surface area contributed by atoms with Gasteiger partial charge < -0.3 is 5.73 Å². The van der Waals surface area contributed by atoms with Crippen molar-refractivity contribution in [3.8, 4) is 0 Å². The third-order valence-corrected chi connectivity index (χ3v) is 4.16. The van der Waals surface area contributed by atoms with E-state index in [0.29, 0.717) is 12.5 Å². The molecule has 1 heterocycles. The maximum Gasteiger partial charge on any atom is 0.239 e. The Labute approximate surface area is 123 Å². The van der Waals surface area contributed by atoms with E-state index in [1.165, 1.54) is 0 Å². The van der Waals surface area contributed by atoms with Crippen molar-refractivity contribution < 1.29 is 4.79 Å². The van der Waals surface area contributed by atoms with Crippen LogP contribution in [0.4, 0.5) is 0 Å². The lowest BCUT2D eigenvalue weighted by Crippen LogP contribution is -2.33. The number of carbonyl (C=O) groups is 1. The van der Waals surface area contributed by atoms with E-state index >= 15 is 0 Å². The van der Waals surface area contributed by atoms with Gasteiger partial charge >= 0.3 is 0 Å². The van der Waals surface area contributed by atoms with Crippen LogP contribution in [-0.4, -0.2) is 10.9 Å². The summed E-state index contributed by atoms with van der Waals surface area (Å²) in [6, 6.07) is 9.00. The van der Waals surface area contributed by atoms with Crippen molar-refractivity contribution in [2.75, 3.05) is 0 Å². The number of hydrogen-bond donors (Lipinski definition) is 2. The molecule has 0 bridgehead atoms. The van der Waals surface area contributed by atoms with E-state index in [4.69, 9.17) is 5.73 Å². The van der Waals surface area contributed by atoms with Gasteiger partial charge in [-0.3, -0.25) is 10.1 Å². The minimum absolute atomic E-state index is 0.379. The molecule has 0 aliphatic heterocycles. The highest BCUT2D eigenvalue weighted by atomic mass is 32.1. The van der Waals surface area contributed by atoms with Gasteiger partial charge in [-0.25, -0.2) is 4.98 Å². The van der Waals surface area contributed by atoms with E-state index in [1.54, 1.807) is 11.3 Å². The van der Waals surface area contributed by atoms with Crippen molar-refractivity contribution in [3.63, 3.8) is 0 Å². The van der Waals surface area contributed by atoms with Crippen molar-refractivity contribution in [2.45, 2.75) is 32.4 Å². The zero-order valence-electron chi connectivity index (χ0n) is 11.7. The summed E-state index contributed by atoms with van der Waals surface area (Å²) >= 11 is 1.65. The van der Waals surface area contributed by atoms with Crippen LogP contribution in [-0.2, 0) is 11.3 Å². The fourth-order valence-electron chi connectivity index (χ4n) is 1.90. The van der Waals surface area contributed by atoms with Gasteiger partial charge in [-0.05, 0) is 5.56 Å².